The molecule has 3 N–H and O–H groups in total. The molecular formula is C20H27ClN2O7. The Bertz CT molecular complexity index is 758. The normalized spacial score (nSPS) is 25.5. The van der Waals surface area contributed by atoms with E-state index in [2.05, 4.69) is 5.32 Å². The number of carbonyl (C=O) groups is 3. The maximum atomic E-state index is 12.2. The number of β-amino-alcohol motifs (C(OH)–C–C–N with tert-alkyl or cyclic N) is 1. The van der Waals surface area contributed by atoms with Gasteiger partial charge in [0.25, 0.3) is 5.91 Å². The predicted octanol–water partition coefficient (Wildman–Crippen LogP) is 0.370. The Kier molecular flexibility index (Phi) is 8.45. The van der Waals surface area contributed by atoms with Crippen LogP contribution < -0.4 is 10.1 Å². The smallest absolute Gasteiger partial charge is 0.326 e. The molecule has 0 unspecified atom stereocenters. The molecule has 2 aliphatic heterocycles. The minimum Gasteiger partial charge on any atom is -0.484 e. The van der Waals surface area contributed by atoms with Gasteiger partial charge in [-0.1, -0.05) is 12.1 Å². The molecule has 0 saturated carbocycles. The SMILES string of the molecule is CC(=O)O[C@@H]1[C@@H](O)CN[C@@H]1Cc1ccc(OCC(=O)N2CCC[C@H]2C(=O)O)cc1.Cl. The van der Waals surface area contributed by atoms with Gasteiger partial charge in [0.2, 0.25) is 0 Å². The van der Waals surface area contributed by atoms with Gasteiger partial charge in [-0.25, -0.2) is 4.79 Å². The summed E-state index contributed by atoms with van der Waals surface area (Å²) in [5, 5.41) is 22.3. The Labute approximate surface area is 180 Å². The highest BCUT2D eigenvalue weighted by Gasteiger charge is 2.37. The van der Waals surface area contributed by atoms with Gasteiger partial charge in [-0.15, -0.1) is 12.4 Å². The quantitative estimate of drug-likeness (QED) is 0.517. The van der Waals surface area contributed by atoms with Crippen LogP contribution in [0.25, 0.3) is 0 Å². The number of carboxylic acid groups (broad SMARTS) is 1. The van der Waals surface area contributed by atoms with Gasteiger partial charge >= 0.3 is 11.9 Å². The lowest BCUT2D eigenvalue weighted by molar-refractivity contribution is -0.151. The summed E-state index contributed by atoms with van der Waals surface area (Å²) in [4.78, 5) is 36.0. The fraction of sp³-hybridized carbons (Fsp3) is 0.550. The van der Waals surface area contributed by atoms with Crippen molar-refractivity contribution >= 4 is 30.3 Å². The van der Waals surface area contributed by atoms with Crippen LogP contribution in [0.5, 0.6) is 5.75 Å². The second kappa shape index (κ2) is 10.6. The number of benzene rings is 1. The third kappa shape index (κ3) is 5.84. The van der Waals surface area contributed by atoms with Crippen LogP contribution in [0.15, 0.2) is 24.3 Å². The van der Waals surface area contributed by atoms with Crippen LogP contribution in [-0.2, 0) is 25.5 Å². The highest BCUT2D eigenvalue weighted by atomic mass is 35.5. The minimum atomic E-state index is -0.988. The number of aliphatic hydroxyl groups excluding tert-OH is 1. The van der Waals surface area contributed by atoms with E-state index in [9.17, 15) is 19.5 Å². The van der Waals surface area contributed by atoms with E-state index in [0.29, 0.717) is 38.1 Å². The molecule has 1 aromatic rings. The average Bonchev–Trinajstić information content (AvgIpc) is 3.30. The molecule has 2 heterocycles. The van der Waals surface area contributed by atoms with E-state index in [0.717, 1.165) is 5.56 Å². The van der Waals surface area contributed by atoms with Crippen LogP contribution in [-0.4, -0.2) is 76.9 Å². The Morgan fingerprint density at radius 2 is 1.93 bits per heavy atom. The topological polar surface area (TPSA) is 125 Å². The first-order chi connectivity index (χ1) is 13.8. The van der Waals surface area contributed by atoms with E-state index < -0.39 is 30.2 Å². The van der Waals surface area contributed by atoms with Crippen LogP contribution in [0, 0.1) is 0 Å². The molecule has 2 fully saturated rings. The largest absolute Gasteiger partial charge is 0.484 e. The van der Waals surface area contributed by atoms with Crippen molar-refractivity contribution in [2.45, 2.75) is 50.5 Å². The van der Waals surface area contributed by atoms with Gasteiger partial charge in [0.05, 0.1) is 6.04 Å². The number of nitrogens with one attached hydrogen (secondary N) is 1. The summed E-state index contributed by atoms with van der Waals surface area (Å²) in [6, 6.07) is 6.18. The third-order valence-electron chi connectivity index (χ3n) is 5.27. The van der Waals surface area contributed by atoms with E-state index in [1.54, 1.807) is 12.1 Å². The molecule has 0 bridgehead atoms. The molecule has 0 aliphatic carbocycles. The van der Waals surface area contributed by atoms with Gasteiger partial charge in [0.15, 0.2) is 6.61 Å². The molecule has 1 aromatic carbocycles. The number of carbonyl (C=O) groups excluding carboxylic acids is 2. The predicted molar refractivity (Wildman–Crippen MR) is 109 cm³/mol. The molecule has 3 rings (SSSR count). The molecule has 9 nitrogen and oxygen atoms in total. The molecule has 2 aliphatic rings. The second-order valence-corrected chi connectivity index (χ2v) is 7.38. The monoisotopic (exact) mass is 442 g/mol. The molecule has 0 aromatic heterocycles. The van der Waals surface area contributed by atoms with Crippen molar-refractivity contribution in [2.75, 3.05) is 19.7 Å². The highest BCUT2D eigenvalue weighted by molar-refractivity contribution is 5.85. The zero-order chi connectivity index (χ0) is 21.0. The van der Waals surface area contributed by atoms with Gasteiger partial charge < -0.3 is 29.9 Å². The number of amides is 1. The van der Waals surface area contributed by atoms with Crippen LogP contribution in [0.1, 0.15) is 25.3 Å². The number of hydrogen-bond donors (Lipinski definition) is 3. The van der Waals surface area contributed by atoms with E-state index in [-0.39, 0.29) is 31.0 Å². The molecule has 30 heavy (non-hydrogen) atoms. The van der Waals surface area contributed by atoms with Crippen LogP contribution in [0.2, 0.25) is 0 Å². The first kappa shape index (κ1) is 23.9. The Hall–Kier alpha value is -2.36. The standard InChI is InChI=1S/C20H26N2O7.ClH/c1-12(23)29-19-15(21-10-17(19)24)9-13-4-6-14(7-5-13)28-11-18(25)22-8-2-3-16(22)20(26)27;/h4-7,15-17,19,21,24H,2-3,8-11H2,1H3,(H,26,27);1H/t15-,16+,17+,19+;/m1./s1. The summed E-state index contributed by atoms with van der Waals surface area (Å²) >= 11 is 0. The van der Waals surface area contributed by atoms with Crippen molar-refractivity contribution in [2.24, 2.45) is 0 Å². The van der Waals surface area contributed by atoms with Gasteiger partial charge in [0.1, 0.15) is 24.0 Å². The third-order valence-corrected chi connectivity index (χ3v) is 5.27. The van der Waals surface area contributed by atoms with E-state index >= 15 is 0 Å². The number of hydrogen-bond acceptors (Lipinski definition) is 7. The van der Waals surface area contributed by atoms with Crippen molar-refractivity contribution in [3.8, 4) is 5.75 Å². The number of likely N-dealkylation sites (tertiary alicyclic amines) is 1. The summed E-state index contributed by atoms with van der Waals surface area (Å²) in [7, 11) is 0. The van der Waals surface area contributed by atoms with Crippen molar-refractivity contribution in [1.29, 1.82) is 0 Å². The second-order valence-electron chi connectivity index (χ2n) is 7.38. The Balaban J connectivity index is 0.00000320. The summed E-state index contributed by atoms with van der Waals surface area (Å²) in [5.74, 6) is -1.26. The molecule has 166 valence electrons. The van der Waals surface area contributed by atoms with Crippen molar-refractivity contribution in [1.82, 2.24) is 10.2 Å². The number of ether oxygens (including phenoxy) is 2. The Morgan fingerprint density at radius 3 is 2.57 bits per heavy atom. The minimum absolute atomic E-state index is 0. The van der Waals surface area contributed by atoms with Gasteiger partial charge in [-0.05, 0) is 37.0 Å². The Morgan fingerprint density at radius 1 is 1.23 bits per heavy atom. The highest BCUT2D eigenvalue weighted by Crippen LogP contribution is 2.21. The number of carboxylic acids is 1. The van der Waals surface area contributed by atoms with Gasteiger partial charge in [-0.3, -0.25) is 9.59 Å². The lowest BCUT2D eigenvalue weighted by Gasteiger charge is -2.22. The van der Waals surface area contributed by atoms with E-state index in [1.165, 1.54) is 11.8 Å². The molecular weight excluding hydrogens is 416 g/mol. The molecule has 0 radical (unpaired) electrons. The zero-order valence-electron chi connectivity index (χ0n) is 16.7. The van der Waals surface area contributed by atoms with Crippen LogP contribution in [0.4, 0.5) is 0 Å². The first-order valence-electron chi connectivity index (χ1n) is 9.68. The first-order valence-corrected chi connectivity index (χ1v) is 9.68. The van der Waals surface area contributed by atoms with Gasteiger partial charge in [-0.2, -0.15) is 0 Å². The maximum absolute atomic E-state index is 12.2. The number of esters is 1. The lowest BCUT2D eigenvalue weighted by atomic mass is 10.0. The summed E-state index contributed by atoms with van der Waals surface area (Å²) < 4.78 is 10.7. The number of aliphatic carboxylic acids is 1. The fourth-order valence-corrected chi connectivity index (χ4v) is 3.84. The number of aliphatic hydroxyl groups is 1. The van der Waals surface area contributed by atoms with Crippen molar-refractivity contribution in [3.63, 3.8) is 0 Å². The number of halogens is 1. The molecule has 4 atom stereocenters. The fourth-order valence-electron chi connectivity index (χ4n) is 3.84. The zero-order valence-corrected chi connectivity index (χ0v) is 17.5. The molecule has 1 amide bonds. The number of nitrogens with zero attached hydrogens (tertiary/aromatic N) is 1. The van der Waals surface area contributed by atoms with Crippen molar-refractivity contribution in [3.05, 3.63) is 29.8 Å². The number of rotatable bonds is 7. The van der Waals surface area contributed by atoms with Crippen molar-refractivity contribution < 1.29 is 34.1 Å². The van der Waals surface area contributed by atoms with Crippen LogP contribution >= 0.6 is 12.4 Å². The maximum Gasteiger partial charge on any atom is 0.326 e. The molecule has 2 saturated heterocycles. The summed E-state index contributed by atoms with van der Waals surface area (Å²) in [6.07, 6.45) is 0.368. The summed E-state index contributed by atoms with van der Waals surface area (Å²) in [6.45, 7) is 1.89. The van der Waals surface area contributed by atoms with Gasteiger partial charge in [0, 0.05) is 20.0 Å². The summed E-state index contributed by atoms with van der Waals surface area (Å²) in [5.41, 5.74) is 0.956. The lowest BCUT2D eigenvalue weighted by Crippen LogP contribution is -2.42. The average molecular weight is 443 g/mol. The van der Waals surface area contributed by atoms with E-state index in [1.807, 2.05) is 12.1 Å². The van der Waals surface area contributed by atoms with E-state index in [4.69, 9.17) is 14.6 Å². The molecule has 0 spiro atoms. The van der Waals surface area contributed by atoms with Crippen LogP contribution in [0.3, 0.4) is 0 Å². The molecule has 10 heteroatoms.